The van der Waals surface area contributed by atoms with Crippen LogP contribution in [0.5, 0.6) is 0 Å². The molecule has 7 heteroatoms. The molecule has 2 saturated heterocycles. The van der Waals surface area contributed by atoms with Gasteiger partial charge in [0.1, 0.15) is 0 Å². The number of nitrogens with one attached hydrogen (secondary N) is 2. The highest BCUT2D eigenvalue weighted by Gasteiger charge is 2.47. The number of quaternary nitrogens is 1. The van der Waals surface area contributed by atoms with Crippen LogP contribution in [0.4, 0.5) is 11.4 Å². The highest BCUT2D eigenvalue weighted by atomic mass is 16.2. The van der Waals surface area contributed by atoms with Gasteiger partial charge >= 0.3 is 0 Å². The van der Waals surface area contributed by atoms with Crippen LogP contribution in [0, 0.1) is 11.8 Å². The van der Waals surface area contributed by atoms with Crippen molar-refractivity contribution in [2.75, 3.05) is 50.0 Å². The molecule has 2 aliphatic heterocycles. The van der Waals surface area contributed by atoms with Gasteiger partial charge in [-0.2, -0.15) is 0 Å². The number of hydrogen-bond donors (Lipinski definition) is 2. The first kappa shape index (κ1) is 19.9. The van der Waals surface area contributed by atoms with E-state index in [1.165, 1.54) is 10.6 Å². The van der Waals surface area contributed by atoms with Crippen molar-refractivity contribution < 1.29 is 19.3 Å². The summed E-state index contributed by atoms with van der Waals surface area (Å²) >= 11 is 0. The van der Waals surface area contributed by atoms with Crippen LogP contribution in [0.2, 0.25) is 0 Å². The molecular formula is C22H31N4O3+. The first-order valence-electron chi connectivity index (χ1n) is 10.8. The third-order valence-electron chi connectivity index (χ3n) is 6.63. The van der Waals surface area contributed by atoms with Crippen molar-refractivity contribution >= 4 is 29.1 Å². The maximum absolute atomic E-state index is 12.5. The van der Waals surface area contributed by atoms with E-state index in [9.17, 15) is 14.4 Å². The van der Waals surface area contributed by atoms with E-state index in [1.807, 2.05) is 24.3 Å². The molecular weight excluding hydrogens is 368 g/mol. The van der Waals surface area contributed by atoms with Crippen molar-refractivity contribution in [1.82, 2.24) is 4.90 Å². The molecule has 2 heterocycles. The standard InChI is InChI=1S/C22H30N4O3/c1-24-12-14-25(15-13-24)17-8-6-16(7-9-17)23-20(27)10-11-26-21(28)18-4-2-3-5-19(18)22(26)29/h6-9,18-19H,2-5,10-15H2,1H3,(H,23,27)/p+1/t18-,19+. The smallest absolute Gasteiger partial charge is 0.233 e. The summed E-state index contributed by atoms with van der Waals surface area (Å²) in [6, 6.07) is 7.90. The lowest BCUT2D eigenvalue weighted by Crippen LogP contribution is -3.12. The van der Waals surface area contributed by atoms with Crippen LogP contribution in [0.15, 0.2) is 24.3 Å². The SMILES string of the molecule is C[NH+]1CCN(c2ccc(NC(=O)CCN3C(=O)[C@H]4CCCC[C@H]4C3=O)cc2)CC1. The van der Waals surface area contributed by atoms with Gasteiger partial charge in [-0.3, -0.25) is 19.3 Å². The molecule has 0 bridgehead atoms. The minimum absolute atomic E-state index is 0.0779. The van der Waals surface area contributed by atoms with Gasteiger partial charge in [-0.25, -0.2) is 0 Å². The molecule has 29 heavy (non-hydrogen) atoms. The Bertz CT molecular complexity index is 747. The van der Waals surface area contributed by atoms with Gasteiger partial charge in [0.05, 0.1) is 45.1 Å². The predicted octanol–water partition coefficient (Wildman–Crippen LogP) is 0.525. The van der Waals surface area contributed by atoms with Gasteiger partial charge in [-0.1, -0.05) is 12.8 Å². The molecule has 0 aromatic heterocycles. The zero-order valence-electron chi connectivity index (χ0n) is 17.2. The Morgan fingerprint density at radius 1 is 1.03 bits per heavy atom. The summed E-state index contributed by atoms with van der Waals surface area (Å²) < 4.78 is 0. The summed E-state index contributed by atoms with van der Waals surface area (Å²) in [6.45, 7) is 4.52. The number of nitrogens with zero attached hydrogens (tertiary/aromatic N) is 2. The number of carbonyl (C=O) groups is 3. The van der Waals surface area contributed by atoms with Gasteiger partial charge < -0.3 is 15.1 Å². The number of likely N-dealkylation sites (N-methyl/N-ethyl adjacent to an activating group) is 1. The maximum Gasteiger partial charge on any atom is 0.233 e. The fraction of sp³-hybridized carbons (Fsp3) is 0.591. The van der Waals surface area contributed by atoms with Gasteiger partial charge in [0.2, 0.25) is 17.7 Å². The van der Waals surface area contributed by atoms with Crippen LogP contribution < -0.4 is 15.1 Å². The monoisotopic (exact) mass is 399 g/mol. The summed E-state index contributed by atoms with van der Waals surface area (Å²) in [5.74, 6) is -0.626. The van der Waals surface area contributed by atoms with Crippen LogP contribution in [-0.4, -0.2) is 62.4 Å². The fourth-order valence-electron chi connectivity index (χ4n) is 4.79. The van der Waals surface area contributed by atoms with E-state index in [-0.39, 0.29) is 42.5 Å². The fourth-order valence-corrected chi connectivity index (χ4v) is 4.79. The average molecular weight is 400 g/mol. The van der Waals surface area contributed by atoms with Crippen molar-refractivity contribution in [2.24, 2.45) is 11.8 Å². The number of likely N-dealkylation sites (tertiary alicyclic amines) is 1. The van der Waals surface area contributed by atoms with Gasteiger partial charge in [0.15, 0.2) is 0 Å². The molecule has 156 valence electrons. The summed E-state index contributed by atoms with van der Waals surface area (Å²) in [7, 11) is 2.22. The number of imide groups is 1. The average Bonchev–Trinajstić information content (AvgIpc) is 2.98. The molecule has 0 radical (unpaired) electrons. The van der Waals surface area contributed by atoms with E-state index < -0.39 is 0 Å². The number of benzene rings is 1. The molecule has 1 aliphatic carbocycles. The highest BCUT2D eigenvalue weighted by molar-refractivity contribution is 6.05. The van der Waals surface area contributed by atoms with Gasteiger partial charge in [-0.15, -0.1) is 0 Å². The summed E-state index contributed by atoms with van der Waals surface area (Å²) in [4.78, 5) is 42.6. The molecule has 3 aliphatic rings. The Hall–Kier alpha value is -2.41. The van der Waals surface area contributed by atoms with Gasteiger partial charge in [-0.05, 0) is 37.1 Å². The number of hydrogen-bond acceptors (Lipinski definition) is 4. The van der Waals surface area contributed by atoms with E-state index in [1.54, 1.807) is 4.90 Å². The molecule has 2 atom stereocenters. The lowest BCUT2D eigenvalue weighted by molar-refractivity contribution is -0.880. The van der Waals surface area contributed by atoms with Crippen molar-refractivity contribution in [3.05, 3.63) is 24.3 Å². The summed E-state index contributed by atoms with van der Waals surface area (Å²) in [6.07, 6.45) is 3.78. The number of anilines is 2. The normalized spacial score (nSPS) is 25.3. The van der Waals surface area contributed by atoms with Crippen molar-refractivity contribution in [3.63, 3.8) is 0 Å². The Kier molecular flexibility index (Phi) is 5.85. The molecule has 0 unspecified atom stereocenters. The molecule has 3 amide bonds. The van der Waals surface area contributed by atoms with Crippen LogP contribution in [-0.2, 0) is 14.4 Å². The zero-order valence-corrected chi connectivity index (χ0v) is 17.2. The summed E-state index contributed by atoms with van der Waals surface area (Å²) in [5, 5.41) is 2.88. The highest BCUT2D eigenvalue weighted by Crippen LogP contribution is 2.38. The maximum atomic E-state index is 12.5. The number of piperazine rings is 1. The van der Waals surface area contributed by atoms with Crippen molar-refractivity contribution in [3.8, 4) is 0 Å². The van der Waals surface area contributed by atoms with Gasteiger partial charge in [0.25, 0.3) is 0 Å². The van der Waals surface area contributed by atoms with Crippen molar-refractivity contribution in [2.45, 2.75) is 32.1 Å². The predicted molar refractivity (Wildman–Crippen MR) is 111 cm³/mol. The summed E-state index contributed by atoms with van der Waals surface area (Å²) in [5.41, 5.74) is 1.91. The zero-order chi connectivity index (χ0) is 20.4. The lowest BCUT2D eigenvalue weighted by atomic mass is 9.81. The van der Waals surface area contributed by atoms with E-state index >= 15 is 0 Å². The Morgan fingerprint density at radius 2 is 1.62 bits per heavy atom. The van der Waals surface area contributed by atoms with E-state index in [2.05, 4.69) is 17.3 Å². The Morgan fingerprint density at radius 3 is 2.21 bits per heavy atom. The number of rotatable bonds is 5. The number of carbonyl (C=O) groups excluding carboxylic acids is 3. The molecule has 1 aromatic carbocycles. The van der Waals surface area contributed by atoms with Crippen LogP contribution in [0.1, 0.15) is 32.1 Å². The number of fused-ring (bicyclic) bond motifs is 1. The van der Waals surface area contributed by atoms with Crippen LogP contribution in [0.3, 0.4) is 0 Å². The largest absolute Gasteiger partial charge is 0.360 e. The minimum atomic E-state index is -0.170. The van der Waals surface area contributed by atoms with Crippen LogP contribution in [0.25, 0.3) is 0 Å². The third-order valence-corrected chi connectivity index (χ3v) is 6.63. The lowest BCUT2D eigenvalue weighted by Gasteiger charge is -2.31. The molecule has 1 saturated carbocycles. The second-order valence-corrected chi connectivity index (χ2v) is 8.61. The van der Waals surface area contributed by atoms with Crippen LogP contribution >= 0.6 is 0 Å². The molecule has 7 nitrogen and oxygen atoms in total. The Balaban J connectivity index is 1.27. The van der Waals surface area contributed by atoms with Gasteiger partial charge in [0, 0.05) is 24.3 Å². The molecule has 0 spiro atoms. The van der Waals surface area contributed by atoms with E-state index in [0.29, 0.717) is 0 Å². The second-order valence-electron chi connectivity index (χ2n) is 8.61. The third kappa shape index (κ3) is 4.29. The first-order valence-corrected chi connectivity index (χ1v) is 10.8. The van der Waals surface area contributed by atoms with E-state index in [4.69, 9.17) is 0 Å². The molecule has 4 rings (SSSR count). The Labute approximate surface area is 172 Å². The number of amides is 3. The molecule has 3 fully saturated rings. The molecule has 2 N–H and O–H groups in total. The van der Waals surface area contributed by atoms with E-state index in [0.717, 1.165) is 57.5 Å². The first-order chi connectivity index (χ1) is 14.0. The molecule has 1 aromatic rings. The second kappa shape index (κ2) is 8.53. The topological polar surface area (TPSA) is 74.2 Å². The van der Waals surface area contributed by atoms with Crippen molar-refractivity contribution in [1.29, 1.82) is 0 Å². The quantitative estimate of drug-likeness (QED) is 0.709. The minimum Gasteiger partial charge on any atom is -0.360 e.